The van der Waals surface area contributed by atoms with E-state index >= 15 is 0 Å². The number of aromatic nitrogens is 2. The van der Waals surface area contributed by atoms with Crippen molar-refractivity contribution < 1.29 is 4.74 Å². The molecule has 0 spiro atoms. The summed E-state index contributed by atoms with van der Waals surface area (Å²) in [6.07, 6.45) is 0. The fourth-order valence-corrected chi connectivity index (χ4v) is 2.49. The summed E-state index contributed by atoms with van der Waals surface area (Å²) < 4.78 is 7.23. The minimum Gasteiger partial charge on any atom is -0.383 e. The fourth-order valence-electron chi connectivity index (χ4n) is 2.04. The smallest absolute Gasteiger partial charge is 0.125 e. The van der Waals surface area contributed by atoms with Crippen molar-refractivity contribution in [3.8, 4) is 0 Å². The first-order chi connectivity index (χ1) is 8.19. The lowest BCUT2D eigenvalue weighted by Gasteiger charge is -2.16. The van der Waals surface area contributed by atoms with Crippen molar-refractivity contribution in [1.82, 2.24) is 9.55 Å². The summed E-state index contributed by atoms with van der Waals surface area (Å²) in [5.41, 5.74) is 1.80. The number of methoxy groups -OCH3 is 1. The molecule has 1 unspecified atom stereocenters. The first-order valence-corrected chi connectivity index (χ1v) is 6.30. The molecule has 0 amide bonds. The number of alkyl halides is 1. The van der Waals surface area contributed by atoms with Gasteiger partial charge in [0.2, 0.25) is 0 Å². The summed E-state index contributed by atoms with van der Waals surface area (Å²) in [6.45, 7) is 2.66. The Morgan fingerprint density at radius 1 is 1.47 bits per heavy atom. The highest BCUT2D eigenvalue weighted by molar-refractivity contribution is 6.35. The molecule has 17 heavy (non-hydrogen) atoms. The standard InChI is InChI=1S/C12H14Cl2N2O/c1-8(7-17-2)16-11(6-13)15-10-5-3-4-9(14)12(10)16/h3-5,8H,6-7H2,1-2H3. The van der Waals surface area contributed by atoms with Crippen molar-refractivity contribution in [2.45, 2.75) is 18.8 Å². The lowest BCUT2D eigenvalue weighted by atomic mass is 10.3. The van der Waals surface area contributed by atoms with Gasteiger partial charge in [-0.15, -0.1) is 11.6 Å². The number of ether oxygens (including phenoxy) is 1. The molecule has 0 aliphatic heterocycles. The number of imidazole rings is 1. The van der Waals surface area contributed by atoms with Crippen LogP contribution in [0.5, 0.6) is 0 Å². The Labute approximate surface area is 110 Å². The number of halogens is 2. The van der Waals surface area contributed by atoms with E-state index in [1.54, 1.807) is 7.11 Å². The molecule has 0 N–H and O–H groups in total. The molecule has 0 bridgehead atoms. The molecule has 1 atom stereocenters. The van der Waals surface area contributed by atoms with Crippen LogP contribution >= 0.6 is 23.2 Å². The van der Waals surface area contributed by atoms with Crippen LogP contribution in [0.4, 0.5) is 0 Å². The molecule has 0 fully saturated rings. The van der Waals surface area contributed by atoms with E-state index in [9.17, 15) is 0 Å². The maximum absolute atomic E-state index is 6.23. The van der Waals surface area contributed by atoms with E-state index in [2.05, 4.69) is 11.9 Å². The molecule has 0 radical (unpaired) electrons. The Bertz CT molecular complexity index is 524. The molecule has 0 saturated heterocycles. The average molecular weight is 273 g/mol. The van der Waals surface area contributed by atoms with Crippen molar-refractivity contribution in [2.75, 3.05) is 13.7 Å². The third-order valence-corrected chi connectivity index (χ3v) is 3.25. The van der Waals surface area contributed by atoms with Crippen LogP contribution < -0.4 is 0 Å². The van der Waals surface area contributed by atoms with E-state index in [1.165, 1.54) is 0 Å². The van der Waals surface area contributed by atoms with Crippen LogP contribution in [0.25, 0.3) is 11.0 Å². The van der Waals surface area contributed by atoms with Gasteiger partial charge in [0.1, 0.15) is 5.82 Å². The molecule has 5 heteroatoms. The van der Waals surface area contributed by atoms with Crippen LogP contribution in [-0.2, 0) is 10.6 Å². The molecular weight excluding hydrogens is 259 g/mol. The van der Waals surface area contributed by atoms with Crippen LogP contribution in [0.3, 0.4) is 0 Å². The molecule has 1 aromatic carbocycles. The fraction of sp³-hybridized carbons (Fsp3) is 0.417. The van der Waals surface area contributed by atoms with Gasteiger partial charge in [-0.25, -0.2) is 4.98 Å². The van der Waals surface area contributed by atoms with E-state index in [-0.39, 0.29) is 6.04 Å². The summed E-state index contributed by atoms with van der Waals surface area (Å²) >= 11 is 12.2. The summed E-state index contributed by atoms with van der Waals surface area (Å²) in [5.74, 6) is 1.18. The molecule has 0 aliphatic rings. The number of hydrogen-bond donors (Lipinski definition) is 0. The first kappa shape index (κ1) is 12.7. The minimum atomic E-state index is 0.152. The van der Waals surface area contributed by atoms with Crippen molar-refractivity contribution in [3.05, 3.63) is 29.0 Å². The lowest BCUT2D eigenvalue weighted by molar-refractivity contribution is 0.163. The predicted molar refractivity (Wildman–Crippen MR) is 70.9 cm³/mol. The number of para-hydroxylation sites is 1. The SMILES string of the molecule is COCC(C)n1c(CCl)nc2cccc(Cl)c21. The van der Waals surface area contributed by atoms with Crippen molar-refractivity contribution in [3.63, 3.8) is 0 Å². The second-order valence-electron chi connectivity index (χ2n) is 3.94. The zero-order valence-electron chi connectivity index (χ0n) is 9.78. The first-order valence-electron chi connectivity index (χ1n) is 5.39. The Kier molecular flexibility index (Phi) is 3.92. The predicted octanol–water partition coefficient (Wildman–Crippen LogP) is 3.64. The van der Waals surface area contributed by atoms with Gasteiger partial charge in [-0.1, -0.05) is 17.7 Å². The molecular formula is C12H14Cl2N2O. The Balaban J connectivity index is 2.64. The van der Waals surface area contributed by atoms with Gasteiger partial charge in [-0.3, -0.25) is 0 Å². The molecule has 3 nitrogen and oxygen atoms in total. The molecule has 2 aromatic rings. The minimum absolute atomic E-state index is 0.152. The Morgan fingerprint density at radius 2 is 2.24 bits per heavy atom. The number of nitrogens with zero attached hydrogens (tertiary/aromatic N) is 2. The number of fused-ring (bicyclic) bond motifs is 1. The van der Waals surface area contributed by atoms with E-state index < -0.39 is 0 Å². The third-order valence-electron chi connectivity index (χ3n) is 2.70. The van der Waals surface area contributed by atoms with E-state index in [4.69, 9.17) is 27.9 Å². The van der Waals surface area contributed by atoms with Gasteiger partial charge in [-0.05, 0) is 19.1 Å². The average Bonchev–Trinajstić information content (AvgIpc) is 2.69. The molecule has 1 heterocycles. The van der Waals surface area contributed by atoms with E-state index in [0.717, 1.165) is 16.9 Å². The zero-order chi connectivity index (χ0) is 12.4. The molecule has 92 valence electrons. The van der Waals surface area contributed by atoms with Crippen molar-refractivity contribution >= 4 is 34.2 Å². The molecule has 0 saturated carbocycles. The topological polar surface area (TPSA) is 27.1 Å². The maximum Gasteiger partial charge on any atom is 0.125 e. The lowest BCUT2D eigenvalue weighted by Crippen LogP contribution is -2.13. The second-order valence-corrected chi connectivity index (χ2v) is 4.62. The second kappa shape index (κ2) is 5.25. The monoisotopic (exact) mass is 272 g/mol. The van der Waals surface area contributed by atoms with Crippen LogP contribution in [0.1, 0.15) is 18.8 Å². The zero-order valence-corrected chi connectivity index (χ0v) is 11.3. The van der Waals surface area contributed by atoms with Gasteiger partial charge >= 0.3 is 0 Å². The van der Waals surface area contributed by atoms with Crippen molar-refractivity contribution in [2.24, 2.45) is 0 Å². The Morgan fingerprint density at radius 3 is 2.88 bits per heavy atom. The largest absolute Gasteiger partial charge is 0.383 e. The molecule has 1 aromatic heterocycles. The summed E-state index contributed by atoms with van der Waals surface area (Å²) in [6, 6.07) is 5.84. The van der Waals surface area contributed by atoms with E-state index in [1.807, 2.05) is 22.8 Å². The van der Waals surface area contributed by atoms with Crippen LogP contribution in [0, 0.1) is 0 Å². The molecule has 2 rings (SSSR count). The summed E-state index contributed by atoms with van der Waals surface area (Å²) in [5, 5.41) is 0.689. The normalized spacial score (nSPS) is 13.2. The van der Waals surface area contributed by atoms with Gasteiger partial charge in [0.05, 0.1) is 34.6 Å². The Hall–Kier alpha value is -0.770. The summed E-state index contributed by atoms with van der Waals surface area (Å²) in [7, 11) is 1.68. The van der Waals surface area contributed by atoms with Crippen LogP contribution in [0.15, 0.2) is 18.2 Å². The van der Waals surface area contributed by atoms with Gasteiger partial charge in [-0.2, -0.15) is 0 Å². The highest BCUT2D eigenvalue weighted by Gasteiger charge is 2.17. The van der Waals surface area contributed by atoms with Crippen LogP contribution in [0.2, 0.25) is 5.02 Å². The van der Waals surface area contributed by atoms with Gasteiger partial charge in [0, 0.05) is 7.11 Å². The van der Waals surface area contributed by atoms with Gasteiger partial charge in [0.25, 0.3) is 0 Å². The van der Waals surface area contributed by atoms with E-state index in [0.29, 0.717) is 17.5 Å². The maximum atomic E-state index is 6.23. The molecule has 0 aliphatic carbocycles. The van der Waals surface area contributed by atoms with Crippen molar-refractivity contribution in [1.29, 1.82) is 0 Å². The number of benzene rings is 1. The van der Waals surface area contributed by atoms with Gasteiger partial charge < -0.3 is 9.30 Å². The van der Waals surface area contributed by atoms with Gasteiger partial charge in [0.15, 0.2) is 0 Å². The highest BCUT2D eigenvalue weighted by Crippen LogP contribution is 2.28. The number of hydrogen-bond acceptors (Lipinski definition) is 2. The number of rotatable bonds is 4. The quantitative estimate of drug-likeness (QED) is 0.795. The third kappa shape index (κ3) is 2.28. The highest BCUT2D eigenvalue weighted by atomic mass is 35.5. The van der Waals surface area contributed by atoms with Crippen LogP contribution in [-0.4, -0.2) is 23.3 Å². The summed E-state index contributed by atoms with van der Waals surface area (Å²) in [4.78, 5) is 4.49.